The molecule has 0 aromatic heterocycles. The normalized spacial score (nSPS) is 17.6. The number of anilines is 1. The number of carbonyl (C=O) groups is 1. The Hall–Kier alpha value is -2.61. The molecular formula is C29H39NO. The summed E-state index contributed by atoms with van der Waals surface area (Å²) < 4.78 is 0. The molecule has 2 heteroatoms. The summed E-state index contributed by atoms with van der Waals surface area (Å²) in [7, 11) is 0. The van der Waals surface area contributed by atoms with Crippen LogP contribution in [-0.4, -0.2) is 5.91 Å². The lowest BCUT2D eigenvalue weighted by Crippen LogP contribution is -2.19. The van der Waals surface area contributed by atoms with Crippen LogP contribution in [0.3, 0.4) is 0 Å². The van der Waals surface area contributed by atoms with E-state index in [1.165, 1.54) is 41.5 Å². The van der Waals surface area contributed by atoms with Gasteiger partial charge in [0.05, 0.1) is 0 Å². The number of benzene rings is 1. The predicted molar refractivity (Wildman–Crippen MR) is 135 cm³/mol. The van der Waals surface area contributed by atoms with Gasteiger partial charge >= 0.3 is 0 Å². The third kappa shape index (κ3) is 8.20. The van der Waals surface area contributed by atoms with Crippen LogP contribution in [-0.2, 0) is 11.2 Å². The Morgan fingerprint density at radius 3 is 2.45 bits per heavy atom. The van der Waals surface area contributed by atoms with Crippen LogP contribution >= 0.6 is 0 Å². The molecule has 1 aliphatic rings. The zero-order valence-electron chi connectivity index (χ0n) is 20.2. The molecule has 1 aromatic rings. The molecule has 166 valence electrons. The number of hydrogen-bond donors (Lipinski definition) is 1. The smallest absolute Gasteiger partial charge is 0.248 e. The van der Waals surface area contributed by atoms with Gasteiger partial charge in [-0.05, 0) is 80.7 Å². The fourth-order valence-electron chi connectivity index (χ4n) is 4.11. The number of allylic oxidation sites excluding steroid dienone is 9. The Kier molecular flexibility index (Phi) is 9.30. The number of aryl methyl sites for hydroxylation is 1. The number of nitrogens with one attached hydrogen (secondary N) is 1. The van der Waals surface area contributed by atoms with Crippen molar-refractivity contribution < 1.29 is 4.79 Å². The molecule has 1 N–H and O–H groups in total. The Morgan fingerprint density at radius 2 is 1.81 bits per heavy atom. The topological polar surface area (TPSA) is 29.1 Å². The second-order valence-electron chi connectivity index (χ2n) is 9.36. The van der Waals surface area contributed by atoms with Gasteiger partial charge < -0.3 is 5.32 Å². The van der Waals surface area contributed by atoms with E-state index in [1.807, 2.05) is 31.2 Å². The molecule has 1 amide bonds. The first-order chi connectivity index (χ1) is 14.7. The van der Waals surface area contributed by atoms with E-state index in [4.69, 9.17) is 0 Å². The predicted octanol–water partition coefficient (Wildman–Crippen LogP) is 8.11. The third-order valence-corrected chi connectivity index (χ3v) is 5.89. The molecule has 31 heavy (non-hydrogen) atoms. The average molecular weight is 418 g/mol. The van der Waals surface area contributed by atoms with Gasteiger partial charge in [-0.25, -0.2) is 0 Å². The Morgan fingerprint density at radius 1 is 1.10 bits per heavy atom. The number of carbonyl (C=O) groups excluding carboxylic acids is 1. The third-order valence-electron chi connectivity index (χ3n) is 5.89. The number of hydrogen-bond acceptors (Lipinski definition) is 1. The first-order valence-corrected chi connectivity index (χ1v) is 11.5. The van der Waals surface area contributed by atoms with E-state index < -0.39 is 0 Å². The molecule has 0 saturated carbocycles. The van der Waals surface area contributed by atoms with Gasteiger partial charge in [-0.2, -0.15) is 0 Å². The summed E-state index contributed by atoms with van der Waals surface area (Å²) in [6, 6.07) is 8.07. The van der Waals surface area contributed by atoms with Crippen LogP contribution in [0.25, 0.3) is 0 Å². The Balaban J connectivity index is 1.93. The van der Waals surface area contributed by atoms with Crippen molar-refractivity contribution in [3.63, 3.8) is 0 Å². The second-order valence-corrected chi connectivity index (χ2v) is 9.36. The number of rotatable bonds is 8. The van der Waals surface area contributed by atoms with Crippen molar-refractivity contribution in [2.45, 2.75) is 73.6 Å². The molecule has 0 saturated heterocycles. The van der Waals surface area contributed by atoms with Crippen LogP contribution in [0.2, 0.25) is 0 Å². The van der Waals surface area contributed by atoms with Crippen molar-refractivity contribution in [3.8, 4) is 0 Å². The molecule has 0 radical (unpaired) electrons. The molecule has 0 spiro atoms. The molecule has 1 aliphatic carbocycles. The highest BCUT2D eigenvalue weighted by molar-refractivity contribution is 5.99. The second kappa shape index (κ2) is 11.7. The Bertz CT molecular complexity index is 905. The summed E-state index contributed by atoms with van der Waals surface area (Å²) >= 11 is 0. The molecule has 0 heterocycles. The number of amides is 1. The summed E-state index contributed by atoms with van der Waals surface area (Å²) in [6.45, 7) is 13.2. The summed E-state index contributed by atoms with van der Waals surface area (Å²) in [5.41, 5.74) is 7.49. The largest absolute Gasteiger partial charge is 0.323 e. The van der Waals surface area contributed by atoms with Gasteiger partial charge in [0.25, 0.3) is 0 Å². The van der Waals surface area contributed by atoms with Gasteiger partial charge in [-0.1, -0.05) is 80.9 Å². The van der Waals surface area contributed by atoms with E-state index in [1.54, 1.807) is 6.08 Å². The first kappa shape index (κ1) is 24.7. The zero-order chi connectivity index (χ0) is 22.9. The highest BCUT2D eigenvalue weighted by Crippen LogP contribution is 2.40. The minimum atomic E-state index is -0.104. The summed E-state index contributed by atoms with van der Waals surface area (Å²) in [6.07, 6.45) is 18.1. The monoisotopic (exact) mass is 417 g/mol. The van der Waals surface area contributed by atoms with E-state index in [2.05, 4.69) is 70.3 Å². The highest BCUT2D eigenvalue weighted by atomic mass is 16.1. The molecular weight excluding hydrogens is 378 g/mol. The summed E-state index contributed by atoms with van der Waals surface area (Å²) in [5, 5.41) is 2.93. The van der Waals surface area contributed by atoms with E-state index in [0.717, 1.165) is 24.1 Å². The minimum absolute atomic E-state index is 0.104. The summed E-state index contributed by atoms with van der Waals surface area (Å²) in [5.74, 6) is -0.104. The lowest BCUT2D eigenvalue weighted by Gasteiger charge is -2.32. The van der Waals surface area contributed by atoms with Gasteiger partial charge in [-0.3, -0.25) is 4.79 Å². The maximum Gasteiger partial charge on any atom is 0.248 e. The fourth-order valence-corrected chi connectivity index (χ4v) is 4.11. The maximum atomic E-state index is 12.2. The van der Waals surface area contributed by atoms with E-state index >= 15 is 0 Å². The van der Waals surface area contributed by atoms with Crippen molar-refractivity contribution in [3.05, 3.63) is 88.6 Å². The molecule has 0 fully saturated rings. The van der Waals surface area contributed by atoms with Gasteiger partial charge in [-0.15, -0.1) is 0 Å². The van der Waals surface area contributed by atoms with Crippen LogP contribution in [0.15, 0.2) is 83.0 Å². The molecule has 1 aromatic carbocycles. The van der Waals surface area contributed by atoms with E-state index in [9.17, 15) is 4.79 Å². The standard InChI is InChI=1S/C29H39NO/c1-7-10-25-15-17-26(18-16-25)30-28(31)21-23(3)12-8-11-22(2)14-19-27-24(4)13-9-20-29(27,5)6/h8,11-12,14-19,21H,7,9-10,13,20H2,1-6H3,(H,30,31). The van der Waals surface area contributed by atoms with Gasteiger partial charge in [0.2, 0.25) is 5.91 Å². The van der Waals surface area contributed by atoms with Crippen molar-refractivity contribution in [2.75, 3.05) is 5.32 Å². The molecule has 0 bridgehead atoms. The molecule has 2 nitrogen and oxygen atoms in total. The highest BCUT2D eigenvalue weighted by Gasteiger charge is 2.26. The van der Waals surface area contributed by atoms with Gasteiger partial charge in [0, 0.05) is 11.8 Å². The van der Waals surface area contributed by atoms with Crippen LogP contribution in [0.5, 0.6) is 0 Å². The minimum Gasteiger partial charge on any atom is -0.323 e. The summed E-state index contributed by atoms with van der Waals surface area (Å²) in [4.78, 5) is 12.2. The van der Waals surface area contributed by atoms with Crippen molar-refractivity contribution in [1.82, 2.24) is 0 Å². The molecule has 0 aliphatic heterocycles. The first-order valence-electron chi connectivity index (χ1n) is 11.5. The SMILES string of the molecule is CCCc1ccc(NC(=O)C=C(C)C=CC=C(C)C=CC2=C(C)CCCC2(C)C)cc1. The lowest BCUT2D eigenvalue weighted by atomic mass is 9.72. The van der Waals surface area contributed by atoms with Crippen LogP contribution in [0, 0.1) is 5.41 Å². The quantitative estimate of drug-likeness (QED) is 0.336. The average Bonchev–Trinajstić information content (AvgIpc) is 2.68. The molecule has 0 unspecified atom stereocenters. The van der Waals surface area contributed by atoms with Crippen LogP contribution in [0.1, 0.15) is 72.8 Å². The van der Waals surface area contributed by atoms with Crippen molar-refractivity contribution in [2.24, 2.45) is 5.41 Å². The van der Waals surface area contributed by atoms with Gasteiger partial charge in [0.15, 0.2) is 0 Å². The van der Waals surface area contributed by atoms with E-state index in [0.29, 0.717) is 0 Å². The lowest BCUT2D eigenvalue weighted by molar-refractivity contribution is -0.111. The van der Waals surface area contributed by atoms with E-state index in [-0.39, 0.29) is 11.3 Å². The van der Waals surface area contributed by atoms with Crippen LogP contribution < -0.4 is 5.32 Å². The zero-order valence-corrected chi connectivity index (χ0v) is 20.2. The van der Waals surface area contributed by atoms with Crippen molar-refractivity contribution in [1.29, 1.82) is 0 Å². The fraction of sp³-hybridized carbons (Fsp3) is 0.414. The maximum absolute atomic E-state index is 12.2. The molecule has 2 rings (SSSR count). The van der Waals surface area contributed by atoms with Crippen molar-refractivity contribution >= 4 is 11.6 Å². The van der Waals surface area contributed by atoms with Crippen LogP contribution in [0.4, 0.5) is 5.69 Å². The van der Waals surface area contributed by atoms with Gasteiger partial charge in [0.1, 0.15) is 0 Å². The molecule has 0 atom stereocenters. The Labute approximate surface area is 189 Å².